The normalized spacial score (nSPS) is 10.6. The fourth-order valence-corrected chi connectivity index (χ4v) is 2.62. The standard InChI is InChI=1S/C21H28N4O2.HI/c1-5-23-20(26)17-10-7-16(8-11-17)13-24-21(22-3)25-14-18-9-6-15(2)12-19(18)27-4;/h6-12H,5,13-14H2,1-4H3,(H,23,26)(H2,22,24,25);1H. The highest BCUT2D eigenvalue weighted by atomic mass is 127. The van der Waals surface area contributed by atoms with Crippen molar-refractivity contribution >= 4 is 35.8 Å². The van der Waals surface area contributed by atoms with Crippen LogP contribution in [0.3, 0.4) is 0 Å². The number of carbonyl (C=O) groups excluding carboxylic acids is 1. The van der Waals surface area contributed by atoms with Gasteiger partial charge in [0, 0.05) is 37.8 Å². The largest absolute Gasteiger partial charge is 0.496 e. The number of rotatable bonds is 7. The smallest absolute Gasteiger partial charge is 0.251 e. The van der Waals surface area contributed by atoms with Gasteiger partial charge in [0.05, 0.1) is 7.11 Å². The van der Waals surface area contributed by atoms with Crippen molar-refractivity contribution in [1.29, 1.82) is 0 Å². The van der Waals surface area contributed by atoms with Crippen LogP contribution in [0.2, 0.25) is 0 Å². The molecule has 0 aliphatic heterocycles. The van der Waals surface area contributed by atoms with Gasteiger partial charge in [-0.2, -0.15) is 0 Å². The summed E-state index contributed by atoms with van der Waals surface area (Å²) in [7, 11) is 3.41. The minimum absolute atomic E-state index is 0. The van der Waals surface area contributed by atoms with E-state index in [4.69, 9.17) is 4.74 Å². The quantitative estimate of drug-likeness (QED) is 0.313. The van der Waals surface area contributed by atoms with Crippen LogP contribution in [0.15, 0.2) is 47.5 Å². The summed E-state index contributed by atoms with van der Waals surface area (Å²) in [5.74, 6) is 1.51. The Morgan fingerprint density at radius 2 is 1.71 bits per heavy atom. The first-order chi connectivity index (χ1) is 13.1. The molecule has 0 spiro atoms. The Bertz CT molecular complexity index is 791. The van der Waals surface area contributed by atoms with Crippen LogP contribution >= 0.6 is 24.0 Å². The number of nitrogens with one attached hydrogen (secondary N) is 3. The molecule has 0 atom stereocenters. The second kappa shape index (κ2) is 12.2. The molecule has 152 valence electrons. The first kappa shape index (κ1) is 23.7. The Hall–Kier alpha value is -2.29. The number of hydrogen-bond donors (Lipinski definition) is 3. The Morgan fingerprint density at radius 3 is 2.32 bits per heavy atom. The number of aliphatic imine (C=N–C) groups is 1. The molecule has 0 fully saturated rings. The predicted octanol–water partition coefficient (Wildman–Crippen LogP) is 3.24. The molecule has 0 heterocycles. The van der Waals surface area contributed by atoms with E-state index in [1.165, 1.54) is 0 Å². The van der Waals surface area contributed by atoms with Crippen molar-refractivity contribution in [2.24, 2.45) is 4.99 Å². The summed E-state index contributed by atoms with van der Waals surface area (Å²) >= 11 is 0. The summed E-state index contributed by atoms with van der Waals surface area (Å²) in [4.78, 5) is 16.0. The molecule has 0 aliphatic rings. The number of nitrogens with zero attached hydrogens (tertiary/aromatic N) is 1. The van der Waals surface area contributed by atoms with Crippen molar-refractivity contribution in [2.75, 3.05) is 20.7 Å². The molecule has 0 saturated heterocycles. The lowest BCUT2D eigenvalue weighted by Crippen LogP contribution is -2.36. The summed E-state index contributed by atoms with van der Waals surface area (Å²) in [6, 6.07) is 13.7. The van der Waals surface area contributed by atoms with Crippen molar-refractivity contribution in [1.82, 2.24) is 16.0 Å². The first-order valence-corrected chi connectivity index (χ1v) is 9.02. The van der Waals surface area contributed by atoms with Crippen LogP contribution in [0.4, 0.5) is 0 Å². The molecule has 2 rings (SSSR count). The third-order valence-electron chi connectivity index (χ3n) is 4.13. The van der Waals surface area contributed by atoms with Crippen molar-refractivity contribution in [3.63, 3.8) is 0 Å². The zero-order valence-electron chi connectivity index (χ0n) is 16.8. The van der Waals surface area contributed by atoms with Gasteiger partial charge in [-0.3, -0.25) is 9.79 Å². The zero-order chi connectivity index (χ0) is 19.6. The highest BCUT2D eigenvalue weighted by Crippen LogP contribution is 2.19. The molecular weight excluding hydrogens is 467 g/mol. The van der Waals surface area contributed by atoms with Crippen LogP contribution in [0.5, 0.6) is 5.75 Å². The first-order valence-electron chi connectivity index (χ1n) is 9.02. The predicted molar refractivity (Wildman–Crippen MR) is 125 cm³/mol. The summed E-state index contributed by atoms with van der Waals surface area (Å²) in [6.45, 7) is 5.79. The van der Waals surface area contributed by atoms with Crippen LogP contribution in [-0.4, -0.2) is 32.6 Å². The number of aryl methyl sites for hydroxylation is 1. The van der Waals surface area contributed by atoms with Crippen molar-refractivity contribution in [3.05, 3.63) is 64.7 Å². The van der Waals surface area contributed by atoms with Gasteiger partial charge in [-0.1, -0.05) is 24.3 Å². The van der Waals surface area contributed by atoms with Crippen LogP contribution in [0.25, 0.3) is 0 Å². The fraction of sp³-hybridized carbons (Fsp3) is 0.333. The second-order valence-electron chi connectivity index (χ2n) is 6.15. The highest BCUT2D eigenvalue weighted by Gasteiger charge is 2.06. The Balaban J connectivity index is 0.00000392. The van der Waals surface area contributed by atoms with E-state index in [0.29, 0.717) is 31.2 Å². The van der Waals surface area contributed by atoms with E-state index in [1.807, 2.05) is 44.2 Å². The van der Waals surface area contributed by atoms with Crippen LogP contribution < -0.4 is 20.7 Å². The highest BCUT2D eigenvalue weighted by molar-refractivity contribution is 14.0. The second-order valence-corrected chi connectivity index (χ2v) is 6.15. The molecule has 0 saturated carbocycles. The Labute approximate surface area is 184 Å². The number of amides is 1. The molecule has 0 aliphatic carbocycles. The Kier molecular flexibility index (Phi) is 10.4. The third kappa shape index (κ3) is 7.03. The number of guanidine groups is 1. The fourth-order valence-electron chi connectivity index (χ4n) is 2.62. The topological polar surface area (TPSA) is 74.8 Å². The van der Waals surface area contributed by atoms with Crippen molar-refractivity contribution in [2.45, 2.75) is 26.9 Å². The van der Waals surface area contributed by atoms with Gasteiger partial charge in [0.2, 0.25) is 0 Å². The molecule has 0 unspecified atom stereocenters. The number of methoxy groups -OCH3 is 1. The van der Waals surface area contributed by atoms with Crippen molar-refractivity contribution < 1.29 is 9.53 Å². The van der Waals surface area contributed by atoms with Gasteiger partial charge in [0.1, 0.15) is 5.75 Å². The Morgan fingerprint density at radius 1 is 1.04 bits per heavy atom. The summed E-state index contributed by atoms with van der Waals surface area (Å²) in [6.07, 6.45) is 0. The summed E-state index contributed by atoms with van der Waals surface area (Å²) in [5, 5.41) is 9.36. The van der Waals surface area contributed by atoms with Gasteiger partial charge in [0.15, 0.2) is 5.96 Å². The monoisotopic (exact) mass is 496 g/mol. The van der Waals surface area contributed by atoms with E-state index in [2.05, 4.69) is 33.1 Å². The molecule has 28 heavy (non-hydrogen) atoms. The van der Waals surface area contributed by atoms with Crippen LogP contribution in [0, 0.1) is 6.92 Å². The molecule has 2 aromatic carbocycles. The van der Waals surface area contributed by atoms with Crippen LogP contribution in [0.1, 0.15) is 34.0 Å². The van der Waals surface area contributed by atoms with E-state index >= 15 is 0 Å². The maximum absolute atomic E-state index is 11.8. The van der Waals surface area contributed by atoms with E-state index in [1.54, 1.807) is 14.2 Å². The van der Waals surface area contributed by atoms with Gasteiger partial charge < -0.3 is 20.7 Å². The lowest BCUT2D eigenvalue weighted by molar-refractivity contribution is 0.0956. The van der Waals surface area contributed by atoms with Gasteiger partial charge >= 0.3 is 0 Å². The van der Waals surface area contributed by atoms with E-state index in [0.717, 1.165) is 22.4 Å². The van der Waals surface area contributed by atoms with Crippen molar-refractivity contribution in [3.8, 4) is 5.75 Å². The van der Waals surface area contributed by atoms with Crippen LogP contribution in [-0.2, 0) is 13.1 Å². The minimum atomic E-state index is -0.0541. The molecule has 0 radical (unpaired) electrons. The number of hydrogen-bond acceptors (Lipinski definition) is 3. The molecule has 3 N–H and O–H groups in total. The minimum Gasteiger partial charge on any atom is -0.496 e. The summed E-state index contributed by atoms with van der Waals surface area (Å²) in [5.41, 5.74) is 3.96. The summed E-state index contributed by atoms with van der Waals surface area (Å²) < 4.78 is 5.44. The molecule has 1 amide bonds. The average Bonchev–Trinajstić information content (AvgIpc) is 2.69. The lowest BCUT2D eigenvalue weighted by Gasteiger charge is -2.14. The van der Waals surface area contributed by atoms with E-state index < -0.39 is 0 Å². The van der Waals surface area contributed by atoms with Gasteiger partial charge in [-0.25, -0.2) is 0 Å². The maximum atomic E-state index is 11.8. The lowest BCUT2D eigenvalue weighted by atomic mass is 10.1. The number of ether oxygens (including phenoxy) is 1. The number of carbonyl (C=O) groups is 1. The maximum Gasteiger partial charge on any atom is 0.251 e. The third-order valence-corrected chi connectivity index (χ3v) is 4.13. The number of halogens is 1. The van der Waals surface area contributed by atoms with Gasteiger partial charge in [0.25, 0.3) is 5.91 Å². The van der Waals surface area contributed by atoms with Gasteiger partial charge in [-0.15, -0.1) is 24.0 Å². The molecule has 6 nitrogen and oxygen atoms in total. The van der Waals surface area contributed by atoms with Gasteiger partial charge in [-0.05, 0) is 43.2 Å². The molecule has 2 aromatic rings. The zero-order valence-corrected chi connectivity index (χ0v) is 19.2. The van der Waals surface area contributed by atoms with E-state index in [9.17, 15) is 4.79 Å². The average molecular weight is 496 g/mol. The SMILES string of the molecule is CCNC(=O)c1ccc(CNC(=NC)NCc2ccc(C)cc2OC)cc1.I. The van der Waals surface area contributed by atoms with E-state index in [-0.39, 0.29) is 29.9 Å². The molecular formula is C21H29IN4O2. The molecule has 0 aromatic heterocycles. The molecule has 0 bridgehead atoms. The molecule has 7 heteroatoms. The number of benzene rings is 2.